The molecule has 0 radical (unpaired) electrons. The van der Waals surface area contributed by atoms with Gasteiger partial charge in [-0.15, -0.1) is 0 Å². The van der Waals surface area contributed by atoms with Gasteiger partial charge in [0.2, 0.25) is 0 Å². The summed E-state index contributed by atoms with van der Waals surface area (Å²) in [5.74, 6) is -0.394. The minimum Gasteiger partial charge on any atom is -0.465 e. The number of hydrogen-bond acceptors (Lipinski definition) is 5. The van der Waals surface area contributed by atoms with E-state index in [-0.39, 0.29) is 0 Å². The average molecular weight is 320 g/mol. The summed E-state index contributed by atoms with van der Waals surface area (Å²) in [6, 6.07) is 5.54. The van der Waals surface area contributed by atoms with Gasteiger partial charge in [-0.2, -0.15) is 0 Å². The molecule has 0 unspecified atom stereocenters. The summed E-state index contributed by atoms with van der Waals surface area (Å²) in [6.45, 7) is 8.51. The lowest BCUT2D eigenvalue weighted by molar-refractivity contribution is 0.00578. The van der Waals surface area contributed by atoms with Crippen molar-refractivity contribution in [2.75, 3.05) is 20.8 Å². The van der Waals surface area contributed by atoms with Crippen molar-refractivity contribution >= 4 is 18.6 Å². The topological polar surface area (TPSA) is 54.0 Å². The van der Waals surface area contributed by atoms with Gasteiger partial charge in [-0.3, -0.25) is 0 Å². The van der Waals surface area contributed by atoms with Crippen molar-refractivity contribution in [1.29, 1.82) is 0 Å². The van der Waals surface area contributed by atoms with E-state index in [4.69, 9.17) is 18.8 Å². The molecule has 1 aliphatic heterocycles. The van der Waals surface area contributed by atoms with E-state index in [0.29, 0.717) is 18.6 Å². The van der Waals surface area contributed by atoms with Gasteiger partial charge in [0.15, 0.2) is 0 Å². The van der Waals surface area contributed by atoms with Gasteiger partial charge in [-0.25, -0.2) is 4.79 Å². The van der Waals surface area contributed by atoms with E-state index in [0.717, 1.165) is 11.0 Å². The van der Waals surface area contributed by atoms with Crippen LogP contribution in [-0.4, -0.2) is 45.1 Å². The third-order valence-corrected chi connectivity index (χ3v) is 4.67. The second-order valence-electron chi connectivity index (χ2n) is 6.70. The number of carbonyl (C=O) groups is 1. The number of esters is 1. The molecule has 0 aromatic heterocycles. The normalized spacial score (nSPS) is 19.0. The third kappa shape index (κ3) is 3.44. The van der Waals surface area contributed by atoms with Crippen molar-refractivity contribution in [3.05, 3.63) is 29.3 Å². The smallest absolute Gasteiger partial charge is 0.465 e. The lowest BCUT2D eigenvalue weighted by Gasteiger charge is -2.32. The lowest BCUT2D eigenvalue weighted by Crippen LogP contribution is -2.41. The number of hydrogen-bond donors (Lipinski definition) is 0. The molecule has 0 bridgehead atoms. The Balaban J connectivity index is 2.48. The maximum atomic E-state index is 12.2. The Morgan fingerprint density at radius 3 is 2.26 bits per heavy atom. The molecule has 0 atom stereocenters. The van der Waals surface area contributed by atoms with Gasteiger partial charge in [-0.1, -0.05) is 12.1 Å². The van der Waals surface area contributed by atoms with Crippen LogP contribution >= 0.6 is 0 Å². The highest BCUT2D eigenvalue weighted by Gasteiger charge is 2.53. The molecule has 0 saturated carbocycles. The number of methoxy groups -OCH3 is 2. The van der Waals surface area contributed by atoms with Crippen LogP contribution in [0, 0.1) is 0 Å². The molecule has 6 heteroatoms. The van der Waals surface area contributed by atoms with Crippen LogP contribution in [0.3, 0.4) is 0 Å². The van der Waals surface area contributed by atoms with Crippen molar-refractivity contribution in [2.24, 2.45) is 0 Å². The van der Waals surface area contributed by atoms with E-state index in [1.54, 1.807) is 13.2 Å². The van der Waals surface area contributed by atoms with Gasteiger partial charge in [0.1, 0.15) is 0 Å². The van der Waals surface area contributed by atoms with E-state index in [9.17, 15) is 4.79 Å². The fourth-order valence-corrected chi connectivity index (χ4v) is 2.57. The minimum absolute atomic E-state index is 0.394. The van der Waals surface area contributed by atoms with Crippen molar-refractivity contribution in [3.63, 3.8) is 0 Å². The molecule has 1 aliphatic rings. The molecular weight excluding hydrogens is 295 g/mol. The molecule has 1 saturated heterocycles. The molecule has 0 N–H and O–H groups in total. The van der Waals surface area contributed by atoms with Gasteiger partial charge in [0.25, 0.3) is 0 Å². The van der Waals surface area contributed by atoms with Crippen molar-refractivity contribution in [2.45, 2.75) is 45.3 Å². The first kappa shape index (κ1) is 18.0. The Kier molecular flexibility index (Phi) is 5.18. The van der Waals surface area contributed by atoms with Crippen LogP contribution in [0.15, 0.2) is 18.2 Å². The summed E-state index contributed by atoms with van der Waals surface area (Å²) in [5, 5.41) is 0. The van der Waals surface area contributed by atoms with Crippen LogP contribution in [0.1, 0.15) is 43.6 Å². The maximum Gasteiger partial charge on any atom is 0.496 e. The summed E-state index contributed by atoms with van der Waals surface area (Å²) in [6.07, 6.45) is 0.667. The summed E-state index contributed by atoms with van der Waals surface area (Å²) < 4.78 is 22.4. The first-order chi connectivity index (χ1) is 10.7. The van der Waals surface area contributed by atoms with E-state index in [1.807, 2.05) is 39.8 Å². The SMILES string of the molecule is COCCc1cccc(C(=O)OC)c1B1OC(C)(C)C(C)(C)O1. The highest BCUT2D eigenvalue weighted by molar-refractivity contribution is 6.64. The van der Waals surface area contributed by atoms with Gasteiger partial charge in [0, 0.05) is 12.6 Å². The quantitative estimate of drug-likeness (QED) is 0.613. The molecule has 0 spiro atoms. The fourth-order valence-electron chi connectivity index (χ4n) is 2.57. The molecule has 23 heavy (non-hydrogen) atoms. The van der Waals surface area contributed by atoms with Gasteiger partial charge in [-0.05, 0) is 45.7 Å². The molecule has 0 amide bonds. The summed E-state index contributed by atoms with van der Waals surface area (Å²) in [5.41, 5.74) is 1.22. The predicted octanol–water partition coefficient (Wildman–Crippen LogP) is 1.96. The molecule has 0 aliphatic carbocycles. The highest BCUT2D eigenvalue weighted by atomic mass is 16.7. The molecule has 1 heterocycles. The molecule has 126 valence electrons. The Morgan fingerprint density at radius 1 is 1.13 bits per heavy atom. The summed E-state index contributed by atoms with van der Waals surface area (Å²) in [7, 11) is 2.42. The largest absolute Gasteiger partial charge is 0.496 e. The van der Waals surface area contributed by atoms with Gasteiger partial charge < -0.3 is 18.8 Å². The molecule has 1 aromatic rings. The predicted molar refractivity (Wildman–Crippen MR) is 89.1 cm³/mol. The Bertz CT molecular complexity index is 566. The van der Waals surface area contributed by atoms with Crippen LogP contribution in [0.4, 0.5) is 0 Å². The monoisotopic (exact) mass is 320 g/mol. The zero-order valence-electron chi connectivity index (χ0n) is 14.8. The highest BCUT2D eigenvalue weighted by Crippen LogP contribution is 2.37. The Labute approximate surface area is 138 Å². The zero-order valence-corrected chi connectivity index (χ0v) is 14.8. The molecule has 5 nitrogen and oxygen atoms in total. The zero-order chi connectivity index (χ0) is 17.3. The average Bonchev–Trinajstić information content (AvgIpc) is 2.71. The fraction of sp³-hybridized carbons (Fsp3) is 0.588. The number of rotatable bonds is 5. The summed E-state index contributed by atoms with van der Waals surface area (Å²) >= 11 is 0. The van der Waals surface area contributed by atoms with Crippen LogP contribution < -0.4 is 5.46 Å². The van der Waals surface area contributed by atoms with Crippen LogP contribution in [0.2, 0.25) is 0 Å². The lowest BCUT2D eigenvalue weighted by atomic mass is 9.72. The summed E-state index contributed by atoms with van der Waals surface area (Å²) in [4.78, 5) is 12.2. The van der Waals surface area contributed by atoms with Crippen LogP contribution in [-0.2, 0) is 25.2 Å². The molecular formula is C17H25BO5. The van der Waals surface area contributed by atoms with E-state index >= 15 is 0 Å². The van der Waals surface area contributed by atoms with Crippen molar-refractivity contribution in [1.82, 2.24) is 0 Å². The van der Waals surface area contributed by atoms with Crippen molar-refractivity contribution in [3.8, 4) is 0 Å². The second kappa shape index (κ2) is 6.63. The van der Waals surface area contributed by atoms with E-state index in [2.05, 4.69) is 0 Å². The van der Waals surface area contributed by atoms with E-state index in [1.165, 1.54) is 7.11 Å². The maximum absolute atomic E-state index is 12.2. The Morgan fingerprint density at radius 2 is 1.74 bits per heavy atom. The Hall–Kier alpha value is -1.37. The molecule has 1 aromatic carbocycles. The number of benzene rings is 1. The van der Waals surface area contributed by atoms with Crippen LogP contribution in [0.5, 0.6) is 0 Å². The van der Waals surface area contributed by atoms with E-state index < -0.39 is 24.3 Å². The molecule has 1 fully saturated rings. The van der Waals surface area contributed by atoms with Gasteiger partial charge >= 0.3 is 13.1 Å². The van der Waals surface area contributed by atoms with Gasteiger partial charge in [0.05, 0.1) is 30.5 Å². The second-order valence-corrected chi connectivity index (χ2v) is 6.70. The first-order valence-corrected chi connectivity index (χ1v) is 7.78. The number of carbonyl (C=O) groups excluding carboxylic acids is 1. The third-order valence-electron chi connectivity index (χ3n) is 4.67. The standard InChI is InChI=1S/C17H25BO5/c1-16(2)17(3,4)23-18(22-16)14-12(10-11-20-5)8-7-9-13(14)15(19)21-6/h7-9H,10-11H2,1-6H3. The first-order valence-electron chi connectivity index (χ1n) is 7.78. The minimum atomic E-state index is -0.609. The number of ether oxygens (including phenoxy) is 2. The van der Waals surface area contributed by atoms with Crippen molar-refractivity contribution < 1.29 is 23.6 Å². The van der Waals surface area contributed by atoms with Crippen LogP contribution in [0.25, 0.3) is 0 Å². The molecule has 2 rings (SSSR count).